The number of nitrogens with zero attached hydrogens (tertiary/aromatic N) is 5. The maximum absolute atomic E-state index is 14.0. The van der Waals surface area contributed by atoms with Gasteiger partial charge in [0.1, 0.15) is 28.3 Å². The van der Waals surface area contributed by atoms with E-state index in [2.05, 4.69) is 36.3 Å². The molecule has 7 rings (SSSR count). The second-order valence-electron chi connectivity index (χ2n) is 18.4. The SMILES string of the molecule is COc1c(C[C@H](CC(=O)Cc2nnnn2CC2CCN(C(=O)OC(C)(C)C)CC2)B2O[C@@H]3C[C@@H]4C[C@@H](C4(C)C)[C@]3(C)O2)cccc1C(=O)OC(C)(C)C. The molecule has 1 aromatic carbocycles. The number of methoxy groups -OCH3 is 1. The molecule has 5 fully saturated rings. The number of para-hydroxylation sites is 1. The Labute approximate surface area is 314 Å². The lowest BCUT2D eigenvalue weighted by molar-refractivity contribution is -0.199. The summed E-state index contributed by atoms with van der Waals surface area (Å²) in [7, 11) is 0.923. The first-order valence-electron chi connectivity index (χ1n) is 19.2. The van der Waals surface area contributed by atoms with Crippen molar-refractivity contribution in [2.24, 2.45) is 23.2 Å². The lowest BCUT2D eigenvalue weighted by Gasteiger charge is -2.64. The number of ketones is 1. The summed E-state index contributed by atoms with van der Waals surface area (Å²) in [5.41, 5.74) is -0.393. The Morgan fingerprint density at radius 2 is 1.72 bits per heavy atom. The van der Waals surface area contributed by atoms with E-state index < -0.39 is 29.9 Å². The zero-order valence-electron chi connectivity index (χ0n) is 33.3. The molecule has 5 aliphatic rings. The van der Waals surface area contributed by atoms with Gasteiger partial charge in [0.25, 0.3) is 0 Å². The highest BCUT2D eigenvalue weighted by molar-refractivity contribution is 6.48. The molecule has 2 aliphatic heterocycles. The van der Waals surface area contributed by atoms with E-state index in [0.29, 0.717) is 55.0 Å². The third-order valence-corrected chi connectivity index (χ3v) is 11.9. The van der Waals surface area contributed by atoms with Crippen molar-refractivity contribution in [3.63, 3.8) is 0 Å². The molecule has 14 heteroatoms. The fourth-order valence-electron chi connectivity index (χ4n) is 9.03. The number of benzene rings is 1. The van der Waals surface area contributed by atoms with Gasteiger partial charge in [0, 0.05) is 31.9 Å². The number of aromatic nitrogens is 4. The average Bonchev–Trinajstić information content (AvgIpc) is 3.65. The van der Waals surface area contributed by atoms with Crippen LogP contribution in [0, 0.1) is 23.2 Å². The van der Waals surface area contributed by atoms with E-state index in [0.717, 1.165) is 31.2 Å². The van der Waals surface area contributed by atoms with Gasteiger partial charge >= 0.3 is 19.2 Å². The van der Waals surface area contributed by atoms with Crippen molar-refractivity contribution in [3.05, 3.63) is 35.2 Å². The van der Waals surface area contributed by atoms with Crippen LogP contribution in [-0.4, -0.2) is 93.2 Å². The summed E-state index contributed by atoms with van der Waals surface area (Å²) >= 11 is 0. The molecule has 2 aromatic rings. The molecule has 1 amide bonds. The third kappa shape index (κ3) is 8.43. The zero-order valence-corrected chi connectivity index (χ0v) is 33.3. The molecule has 13 nitrogen and oxygen atoms in total. The fraction of sp³-hybridized carbons (Fsp3) is 0.744. The molecule has 0 N–H and O–H groups in total. The smallest absolute Gasteiger partial charge is 0.461 e. The minimum Gasteiger partial charge on any atom is -0.496 e. The number of piperidine rings is 1. The standard InChI is InChI=1S/C39H58BN5O8/c1-36(2,3)50-34(47)29-13-11-12-25(33(29)49-10)18-27(40-52-31-20-26-19-30(38(26,7)8)39(31,9)53-40)21-28(46)22-32-41-42-43-45(32)23-24-14-16-44(17-15-24)35(48)51-37(4,5)6/h11-13,24,26-27,30-31H,14-23H2,1-10H3/t26-,27+,30-,31+,39-/m0/s1. The molecule has 0 spiro atoms. The van der Waals surface area contributed by atoms with Crippen molar-refractivity contribution in [1.82, 2.24) is 25.1 Å². The van der Waals surface area contributed by atoms with Crippen molar-refractivity contribution in [2.75, 3.05) is 20.2 Å². The predicted octanol–water partition coefficient (Wildman–Crippen LogP) is 6.13. The Hall–Kier alpha value is -3.52. The van der Waals surface area contributed by atoms with Crippen LogP contribution in [-0.2, 0) is 43.0 Å². The van der Waals surface area contributed by atoms with Gasteiger partial charge < -0.3 is 28.4 Å². The summed E-state index contributed by atoms with van der Waals surface area (Å²) in [6.07, 6.45) is 3.88. The van der Waals surface area contributed by atoms with Gasteiger partial charge in [0.05, 0.1) is 25.2 Å². The second kappa shape index (κ2) is 14.6. The molecule has 5 atom stereocenters. The fourth-order valence-corrected chi connectivity index (χ4v) is 9.03. The van der Waals surface area contributed by atoms with Crippen molar-refractivity contribution in [2.45, 2.75) is 143 Å². The number of esters is 1. The van der Waals surface area contributed by atoms with E-state index in [1.54, 1.807) is 22.8 Å². The van der Waals surface area contributed by atoms with E-state index in [9.17, 15) is 14.4 Å². The summed E-state index contributed by atoms with van der Waals surface area (Å²) in [4.78, 5) is 41.6. The van der Waals surface area contributed by atoms with Crippen molar-refractivity contribution < 1.29 is 37.9 Å². The summed E-state index contributed by atoms with van der Waals surface area (Å²) < 4.78 is 32.5. The Morgan fingerprint density at radius 1 is 1.02 bits per heavy atom. The third-order valence-electron chi connectivity index (χ3n) is 11.9. The van der Waals surface area contributed by atoms with Crippen molar-refractivity contribution in [3.8, 4) is 5.75 Å². The molecule has 3 heterocycles. The van der Waals surface area contributed by atoms with Gasteiger partial charge in [-0.05, 0) is 126 Å². The van der Waals surface area contributed by atoms with Crippen LogP contribution in [0.15, 0.2) is 18.2 Å². The van der Waals surface area contributed by atoms with Crippen LogP contribution in [0.4, 0.5) is 4.79 Å². The highest BCUT2D eigenvalue weighted by Gasteiger charge is 2.68. The minimum atomic E-state index is -0.675. The lowest BCUT2D eigenvalue weighted by Crippen LogP contribution is -2.65. The van der Waals surface area contributed by atoms with Crippen LogP contribution in [0.1, 0.15) is 116 Å². The predicted molar refractivity (Wildman–Crippen MR) is 197 cm³/mol. The molecule has 0 unspecified atom stereocenters. The van der Waals surface area contributed by atoms with Gasteiger partial charge in [-0.3, -0.25) is 4.79 Å². The normalized spacial score (nSPS) is 26.0. The number of rotatable bonds is 11. The van der Waals surface area contributed by atoms with Gasteiger partial charge in [0.2, 0.25) is 0 Å². The first-order chi connectivity index (χ1) is 24.8. The monoisotopic (exact) mass is 735 g/mol. The van der Waals surface area contributed by atoms with Gasteiger partial charge in [-0.15, -0.1) is 5.10 Å². The summed E-state index contributed by atoms with van der Waals surface area (Å²) in [5, 5.41) is 12.4. The average molecular weight is 736 g/mol. The molecular weight excluding hydrogens is 677 g/mol. The molecule has 3 saturated carbocycles. The van der Waals surface area contributed by atoms with Crippen molar-refractivity contribution >= 4 is 25.0 Å². The molecule has 2 saturated heterocycles. The molecule has 3 aliphatic carbocycles. The first-order valence-corrected chi connectivity index (χ1v) is 19.2. The van der Waals surface area contributed by atoms with E-state index in [1.165, 1.54) is 0 Å². The van der Waals surface area contributed by atoms with E-state index >= 15 is 0 Å². The second-order valence-corrected chi connectivity index (χ2v) is 18.4. The number of ether oxygens (including phenoxy) is 3. The first kappa shape index (κ1) is 39.2. The largest absolute Gasteiger partial charge is 0.496 e. The minimum absolute atomic E-state index is 0.0371. The van der Waals surface area contributed by atoms with Gasteiger partial charge in [-0.2, -0.15) is 0 Å². The number of hydrogen-bond donors (Lipinski definition) is 0. The maximum Gasteiger partial charge on any atom is 0.461 e. The summed E-state index contributed by atoms with van der Waals surface area (Å²) in [5.74, 6) is 1.26. The Kier molecular flexibility index (Phi) is 10.8. The molecule has 290 valence electrons. The van der Waals surface area contributed by atoms with Crippen LogP contribution in [0.2, 0.25) is 5.82 Å². The van der Waals surface area contributed by atoms with Crippen LogP contribution in [0.5, 0.6) is 5.75 Å². The molecule has 53 heavy (non-hydrogen) atoms. The number of carbonyl (C=O) groups is 3. The summed E-state index contributed by atoms with van der Waals surface area (Å²) in [6.45, 7) is 19.7. The van der Waals surface area contributed by atoms with Gasteiger partial charge in [0.15, 0.2) is 5.82 Å². The number of carbonyl (C=O) groups excluding carboxylic acids is 3. The Morgan fingerprint density at radius 3 is 2.36 bits per heavy atom. The lowest BCUT2D eigenvalue weighted by atomic mass is 9.43. The molecule has 2 bridgehead atoms. The molecule has 1 aromatic heterocycles. The Bertz CT molecular complexity index is 1680. The quantitative estimate of drug-likeness (QED) is 0.194. The number of hydrogen-bond acceptors (Lipinski definition) is 11. The number of tetrazole rings is 1. The highest BCUT2D eigenvalue weighted by atomic mass is 16.7. The van der Waals surface area contributed by atoms with E-state index in [1.807, 2.05) is 53.7 Å². The number of Topliss-reactive ketones (excluding diaryl/α,β-unsaturated/α-hetero) is 1. The number of amides is 1. The van der Waals surface area contributed by atoms with Crippen LogP contribution in [0.25, 0.3) is 0 Å². The van der Waals surface area contributed by atoms with E-state index in [-0.39, 0.29) is 48.0 Å². The van der Waals surface area contributed by atoms with Crippen LogP contribution < -0.4 is 4.74 Å². The number of likely N-dealkylation sites (tertiary alicyclic amines) is 1. The van der Waals surface area contributed by atoms with Crippen LogP contribution >= 0.6 is 0 Å². The Balaban J connectivity index is 1.17. The van der Waals surface area contributed by atoms with Crippen LogP contribution in [0.3, 0.4) is 0 Å². The highest BCUT2D eigenvalue weighted by Crippen LogP contribution is 2.66. The maximum atomic E-state index is 14.0. The summed E-state index contributed by atoms with van der Waals surface area (Å²) in [6, 6.07) is 5.44. The van der Waals surface area contributed by atoms with E-state index in [4.69, 9.17) is 23.5 Å². The van der Waals surface area contributed by atoms with Gasteiger partial charge in [-0.25, -0.2) is 14.3 Å². The zero-order chi connectivity index (χ0) is 38.5. The van der Waals surface area contributed by atoms with Gasteiger partial charge in [-0.1, -0.05) is 26.0 Å². The van der Waals surface area contributed by atoms with Crippen molar-refractivity contribution in [1.29, 1.82) is 0 Å². The molecule has 0 radical (unpaired) electrons. The topological polar surface area (TPSA) is 144 Å². The molecular formula is C39H58BN5O8.